The van der Waals surface area contributed by atoms with Crippen molar-refractivity contribution in [3.05, 3.63) is 16.6 Å². The van der Waals surface area contributed by atoms with Crippen molar-refractivity contribution >= 4 is 11.3 Å². The average Bonchev–Trinajstić information content (AvgIpc) is 2.40. The van der Waals surface area contributed by atoms with Crippen LogP contribution in [0.2, 0.25) is 0 Å². The highest BCUT2D eigenvalue weighted by molar-refractivity contribution is 7.09. The van der Waals surface area contributed by atoms with Gasteiger partial charge in [-0.25, -0.2) is 10.1 Å². The van der Waals surface area contributed by atoms with Crippen LogP contribution in [0.4, 0.5) is 0 Å². The van der Waals surface area contributed by atoms with Gasteiger partial charge in [0.15, 0.2) is 0 Å². The molecule has 0 saturated heterocycles. The highest BCUT2D eigenvalue weighted by Crippen LogP contribution is 2.10. The first-order chi connectivity index (χ1) is 4.83. The van der Waals surface area contributed by atoms with Crippen molar-refractivity contribution in [3.8, 4) is 0 Å². The van der Waals surface area contributed by atoms with E-state index >= 15 is 0 Å². The van der Waals surface area contributed by atoms with Crippen LogP contribution < -0.4 is 0 Å². The Morgan fingerprint density at radius 3 is 3.10 bits per heavy atom. The van der Waals surface area contributed by atoms with E-state index < -0.39 is 0 Å². The van der Waals surface area contributed by atoms with Crippen LogP contribution in [0.25, 0.3) is 0 Å². The lowest BCUT2D eigenvalue weighted by Crippen LogP contribution is -2.02. The Kier molecular flexibility index (Phi) is 2.83. The number of aromatic nitrogens is 1. The molecule has 0 spiro atoms. The quantitative estimate of drug-likeness (QED) is 0.656. The summed E-state index contributed by atoms with van der Waals surface area (Å²) in [6.45, 7) is 1.95. The number of hydrogen-bond donors (Lipinski definition) is 0. The van der Waals surface area contributed by atoms with Gasteiger partial charge in [0.1, 0.15) is 0 Å². The van der Waals surface area contributed by atoms with Crippen LogP contribution in [0.15, 0.2) is 11.6 Å². The van der Waals surface area contributed by atoms with E-state index in [1.807, 2.05) is 12.3 Å². The number of thiazole rings is 1. The van der Waals surface area contributed by atoms with Gasteiger partial charge in [-0.05, 0) is 5.92 Å². The van der Waals surface area contributed by atoms with Crippen molar-refractivity contribution in [3.63, 3.8) is 0 Å². The molecule has 1 rings (SSSR count). The summed E-state index contributed by atoms with van der Waals surface area (Å²) in [6.07, 6.45) is 2.61. The molecule has 1 heterocycles. The Hall–Kier alpha value is -0.410. The Bertz CT molecular complexity index is 174. The van der Waals surface area contributed by atoms with Gasteiger partial charge in [-0.1, -0.05) is 6.92 Å². The van der Waals surface area contributed by atoms with Gasteiger partial charge in [0, 0.05) is 18.0 Å². The van der Waals surface area contributed by atoms with Gasteiger partial charge in [-0.3, -0.25) is 0 Å². The van der Waals surface area contributed by atoms with Crippen molar-refractivity contribution in [1.29, 1.82) is 0 Å². The molecule has 55 valence electrons. The van der Waals surface area contributed by atoms with Gasteiger partial charge in [0.05, 0.1) is 11.6 Å². The number of rotatable bonds is 3. The third kappa shape index (κ3) is 2.08. The van der Waals surface area contributed by atoms with Gasteiger partial charge in [0.25, 0.3) is 0 Å². The third-order valence-electron chi connectivity index (χ3n) is 1.29. The normalized spacial score (nSPS) is 13.4. The summed E-state index contributed by atoms with van der Waals surface area (Å²) in [5, 5.41) is 13.3. The molecule has 0 aliphatic carbocycles. The highest BCUT2D eigenvalue weighted by Gasteiger charge is 2.03. The summed E-state index contributed by atoms with van der Waals surface area (Å²) in [7, 11) is 0. The Morgan fingerprint density at radius 1 is 1.80 bits per heavy atom. The monoisotopic (exact) mass is 156 g/mol. The van der Waals surface area contributed by atoms with Crippen LogP contribution >= 0.6 is 11.3 Å². The van der Waals surface area contributed by atoms with Gasteiger partial charge < -0.3 is 0 Å². The van der Waals surface area contributed by atoms with Gasteiger partial charge >= 0.3 is 0 Å². The summed E-state index contributed by atoms with van der Waals surface area (Å²) in [6, 6.07) is 0. The summed E-state index contributed by atoms with van der Waals surface area (Å²) >= 11 is 1.62. The molecule has 3 heteroatoms. The molecule has 0 aliphatic heterocycles. The zero-order chi connectivity index (χ0) is 7.40. The molecule has 10 heavy (non-hydrogen) atoms. The van der Waals surface area contributed by atoms with E-state index in [0.717, 1.165) is 11.4 Å². The van der Waals surface area contributed by atoms with Gasteiger partial charge in [-0.2, -0.15) is 0 Å². The summed E-state index contributed by atoms with van der Waals surface area (Å²) in [5.41, 5.74) is 0. The fraction of sp³-hybridized carbons (Fsp3) is 0.571. The third-order valence-corrected chi connectivity index (χ3v) is 2.09. The lowest BCUT2D eigenvalue weighted by Gasteiger charge is -2.00. The number of nitrogens with zero attached hydrogens (tertiary/aromatic N) is 1. The first-order valence-electron chi connectivity index (χ1n) is 3.29. The second-order valence-corrected chi connectivity index (χ2v) is 3.38. The Labute approximate surface area is 64.5 Å². The minimum absolute atomic E-state index is 0.000417. The molecule has 1 atom stereocenters. The lowest BCUT2D eigenvalue weighted by atomic mass is 10.1. The van der Waals surface area contributed by atoms with Gasteiger partial charge in [0.2, 0.25) is 0 Å². The van der Waals surface area contributed by atoms with Crippen LogP contribution in [0, 0.1) is 5.92 Å². The standard InChI is InChI=1S/C7H10NOS/c1-6(5-9)4-7-8-2-3-10-7/h2-3,6H,4-5H2,1H3. The second-order valence-electron chi connectivity index (χ2n) is 2.40. The molecule has 0 aliphatic rings. The molecule has 0 bridgehead atoms. The van der Waals surface area contributed by atoms with Crippen molar-refractivity contribution in [2.45, 2.75) is 13.3 Å². The topological polar surface area (TPSA) is 32.8 Å². The van der Waals surface area contributed by atoms with Crippen molar-refractivity contribution < 1.29 is 5.11 Å². The molecule has 0 fully saturated rings. The Morgan fingerprint density at radius 2 is 2.60 bits per heavy atom. The van der Waals surface area contributed by atoms with Crippen LogP contribution in [0.3, 0.4) is 0 Å². The van der Waals surface area contributed by atoms with Crippen molar-refractivity contribution in [1.82, 2.24) is 4.98 Å². The molecule has 1 unspecified atom stereocenters. The largest absolute Gasteiger partial charge is 0.250 e. The Balaban J connectivity index is 2.40. The molecule has 1 aromatic rings. The van der Waals surface area contributed by atoms with E-state index in [9.17, 15) is 5.11 Å². The van der Waals surface area contributed by atoms with Crippen LogP contribution in [0.1, 0.15) is 11.9 Å². The maximum absolute atomic E-state index is 10.3. The van der Waals surface area contributed by atoms with E-state index in [2.05, 4.69) is 4.98 Å². The van der Waals surface area contributed by atoms with Crippen LogP contribution in [0.5, 0.6) is 0 Å². The molecule has 0 amide bonds. The maximum Gasteiger partial charge on any atom is 0.0928 e. The molecule has 2 nitrogen and oxygen atoms in total. The smallest absolute Gasteiger partial charge is 0.0928 e. The fourth-order valence-corrected chi connectivity index (χ4v) is 1.49. The summed E-state index contributed by atoms with van der Waals surface area (Å²) in [4.78, 5) is 4.08. The zero-order valence-electron chi connectivity index (χ0n) is 5.91. The van der Waals surface area contributed by atoms with E-state index in [1.54, 1.807) is 17.5 Å². The fourth-order valence-electron chi connectivity index (χ4n) is 0.711. The second kappa shape index (κ2) is 3.68. The van der Waals surface area contributed by atoms with E-state index in [1.165, 1.54) is 0 Å². The summed E-state index contributed by atoms with van der Waals surface area (Å²) < 4.78 is 0. The van der Waals surface area contributed by atoms with E-state index in [4.69, 9.17) is 0 Å². The molecule has 0 N–H and O–H groups in total. The molecular formula is C7H10NOS. The van der Waals surface area contributed by atoms with Gasteiger partial charge in [-0.15, -0.1) is 11.3 Å². The molecule has 1 aromatic heterocycles. The van der Waals surface area contributed by atoms with Crippen LogP contribution in [-0.2, 0) is 11.5 Å². The predicted octanol–water partition coefficient (Wildman–Crippen LogP) is 1.75. The first-order valence-corrected chi connectivity index (χ1v) is 4.17. The molecule has 1 radical (unpaired) electrons. The van der Waals surface area contributed by atoms with Crippen molar-refractivity contribution in [2.75, 3.05) is 6.61 Å². The van der Waals surface area contributed by atoms with Crippen LogP contribution in [-0.4, -0.2) is 11.6 Å². The van der Waals surface area contributed by atoms with Crippen molar-refractivity contribution in [2.24, 2.45) is 5.92 Å². The SMILES string of the molecule is CC(C[O])Cc1nccs1. The first kappa shape index (κ1) is 7.69. The minimum Gasteiger partial charge on any atom is -0.250 e. The lowest BCUT2D eigenvalue weighted by molar-refractivity contribution is 0.151. The highest BCUT2D eigenvalue weighted by atomic mass is 32.1. The molecular weight excluding hydrogens is 146 g/mol. The average molecular weight is 156 g/mol. The van der Waals surface area contributed by atoms with E-state index in [0.29, 0.717) is 0 Å². The zero-order valence-corrected chi connectivity index (χ0v) is 6.73. The molecule has 0 saturated carbocycles. The van der Waals surface area contributed by atoms with E-state index in [-0.39, 0.29) is 12.5 Å². The summed E-state index contributed by atoms with van der Waals surface area (Å²) in [5.74, 6) is 0.228. The predicted molar refractivity (Wildman–Crippen MR) is 40.5 cm³/mol. The minimum atomic E-state index is -0.000417. The maximum atomic E-state index is 10.3. The molecule has 0 aromatic carbocycles. The number of hydrogen-bond acceptors (Lipinski definition) is 2.